The second-order valence-corrected chi connectivity index (χ2v) is 33.9. The summed E-state index contributed by atoms with van der Waals surface area (Å²) in [4.78, 5) is 25.8. The first-order valence-electron chi connectivity index (χ1n) is 24.0. The monoisotopic (exact) mass is 992 g/mol. The molecular weight excluding hydrogens is 917 g/mol. The average molecular weight is 993 g/mol. The quantitative estimate of drug-likeness (QED) is 0.0425. The molecule has 69 heavy (non-hydrogen) atoms. The van der Waals surface area contributed by atoms with Crippen molar-refractivity contribution in [2.45, 2.75) is 143 Å². The third kappa shape index (κ3) is 15.9. The minimum Gasteiger partial charge on any atom is -0.493 e. The molecule has 5 rings (SSSR count). The maximum absolute atomic E-state index is 13.0. The smallest absolute Gasteiger partial charge is 0.493 e. The summed E-state index contributed by atoms with van der Waals surface area (Å²) in [5.41, 5.74) is 8.34. The molecule has 0 spiro atoms. The highest BCUT2D eigenvalue weighted by atomic mass is 28.5. The Bertz CT molecular complexity index is 2580. The second kappa shape index (κ2) is 22.7. The molecule has 372 valence electrons. The fourth-order valence-corrected chi connectivity index (χ4v) is 22.8. The first kappa shape index (κ1) is 54.7. The van der Waals surface area contributed by atoms with Crippen LogP contribution < -0.4 is 28.4 Å². The Balaban J connectivity index is 1.07. The van der Waals surface area contributed by atoms with Crippen molar-refractivity contribution in [3.63, 3.8) is 0 Å². The van der Waals surface area contributed by atoms with Crippen LogP contribution >= 0.6 is 0 Å². The molecule has 0 aliphatic rings. The van der Waals surface area contributed by atoms with Gasteiger partial charge in [-0.05, 0) is 179 Å². The van der Waals surface area contributed by atoms with Crippen LogP contribution in [0.25, 0.3) is 0 Å². The number of carbonyl (C=O) groups excluding carboxylic acids is 2. The Morgan fingerprint density at radius 1 is 0.478 bits per heavy atom. The van der Waals surface area contributed by atoms with Gasteiger partial charge in [0.05, 0.1) is 14.2 Å². The summed E-state index contributed by atoms with van der Waals surface area (Å²) in [6, 6.07) is 33.4. The minimum absolute atomic E-state index is 0.0118. The number of benzene rings is 5. The standard InChI is InChI=1S/C56H76O10Si3/c1-39-20-17-23-45(34-39)56(7,8)46-27-31-48(41(3)36-46)62-54(58)64-50-29-25-43(38-52(50)60-10)22-19-33-68(13,14)66-69(15,16)65-67(11,12)32-18-21-42-24-28-49(51(37-42)59-9)63-53(57)61-47-30-26-44(35-40(47)2)55(4,5)6/h17,20,23-31,34-38H,18-19,21-22,32-33H2,1-16H3. The van der Waals surface area contributed by atoms with E-state index in [4.69, 9.17) is 36.7 Å². The number of methoxy groups -OCH3 is 2. The van der Waals surface area contributed by atoms with Crippen LogP contribution in [0.2, 0.25) is 51.4 Å². The maximum Gasteiger partial charge on any atom is 0.519 e. The predicted molar refractivity (Wildman–Crippen MR) is 285 cm³/mol. The van der Waals surface area contributed by atoms with E-state index < -0.39 is 37.5 Å². The van der Waals surface area contributed by atoms with Gasteiger partial charge >= 0.3 is 20.9 Å². The zero-order chi connectivity index (χ0) is 51.0. The number of aryl methyl sites for hydroxylation is 5. The highest BCUT2D eigenvalue weighted by molar-refractivity contribution is 6.87. The van der Waals surface area contributed by atoms with Gasteiger partial charge in [-0.1, -0.05) is 101 Å². The van der Waals surface area contributed by atoms with Crippen LogP contribution in [0.4, 0.5) is 9.59 Å². The Kier molecular flexibility index (Phi) is 18.0. The number of hydrogen-bond donors (Lipinski definition) is 0. The molecule has 0 heterocycles. The number of rotatable bonds is 20. The highest BCUT2D eigenvalue weighted by Crippen LogP contribution is 2.36. The molecule has 0 saturated carbocycles. The van der Waals surface area contributed by atoms with Crippen LogP contribution in [-0.2, 0) is 31.9 Å². The van der Waals surface area contributed by atoms with Crippen molar-refractivity contribution >= 4 is 37.5 Å². The van der Waals surface area contributed by atoms with Gasteiger partial charge < -0.3 is 36.7 Å². The molecule has 0 N–H and O–H groups in total. The van der Waals surface area contributed by atoms with Gasteiger partial charge in [-0.15, -0.1) is 0 Å². The van der Waals surface area contributed by atoms with Crippen molar-refractivity contribution in [3.8, 4) is 34.5 Å². The zero-order valence-electron chi connectivity index (χ0n) is 44.1. The molecule has 5 aromatic rings. The van der Waals surface area contributed by atoms with E-state index in [1.54, 1.807) is 26.4 Å². The summed E-state index contributed by atoms with van der Waals surface area (Å²) in [6.45, 7) is 30.2. The molecule has 0 saturated heterocycles. The van der Waals surface area contributed by atoms with E-state index in [2.05, 4.69) is 111 Å². The van der Waals surface area contributed by atoms with Gasteiger partial charge in [0.1, 0.15) is 11.5 Å². The second-order valence-electron chi connectivity index (χ2n) is 21.4. The molecule has 0 radical (unpaired) electrons. The summed E-state index contributed by atoms with van der Waals surface area (Å²) in [7, 11) is -3.48. The van der Waals surface area contributed by atoms with Crippen LogP contribution in [0.5, 0.6) is 34.5 Å². The molecule has 0 aliphatic carbocycles. The summed E-state index contributed by atoms with van der Waals surface area (Å²) < 4.78 is 47.6. The van der Waals surface area contributed by atoms with Crippen molar-refractivity contribution < 1.29 is 46.2 Å². The summed E-state index contributed by atoms with van der Waals surface area (Å²) in [5.74, 6) is 2.45. The lowest BCUT2D eigenvalue weighted by Crippen LogP contribution is -2.52. The van der Waals surface area contributed by atoms with E-state index in [1.165, 1.54) is 11.1 Å². The van der Waals surface area contributed by atoms with Crippen LogP contribution in [0.1, 0.15) is 92.0 Å². The van der Waals surface area contributed by atoms with Gasteiger partial charge in [0.15, 0.2) is 39.6 Å². The molecule has 10 nitrogen and oxygen atoms in total. The Hall–Kier alpha value is -5.19. The third-order valence-electron chi connectivity index (χ3n) is 12.4. The Morgan fingerprint density at radius 3 is 1.30 bits per heavy atom. The van der Waals surface area contributed by atoms with E-state index in [1.807, 2.05) is 68.4 Å². The Labute approximate surface area is 415 Å². The minimum atomic E-state index is -2.45. The van der Waals surface area contributed by atoms with Gasteiger partial charge in [-0.2, -0.15) is 0 Å². The fraction of sp³-hybridized carbons (Fsp3) is 0.429. The predicted octanol–water partition coefficient (Wildman–Crippen LogP) is 15.1. The van der Waals surface area contributed by atoms with Crippen molar-refractivity contribution in [1.82, 2.24) is 0 Å². The summed E-state index contributed by atoms with van der Waals surface area (Å²) in [6.07, 6.45) is 1.88. The number of ether oxygens (including phenoxy) is 6. The van der Waals surface area contributed by atoms with Gasteiger partial charge in [-0.25, -0.2) is 9.59 Å². The highest BCUT2D eigenvalue weighted by Gasteiger charge is 2.39. The molecule has 0 atom stereocenters. The first-order valence-corrected chi connectivity index (χ1v) is 33.1. The molecule has 0 aromatic heterocycles. The molecule has 5 aromatic carbocycles. The molecule has 0 amide bonds. The van der Waals surface area contributed by atoms with Crippen LogP contribution in [0.3, 0.4) is 0 Å². The van der Waals surface area contributed by atoms with Gasteiger partial charge in [0, 0.05) is 5.41 Å². The molecule has 13 heteroatoms. The Morgan fingerprint density at radius 2 is 0.884 bits per heavy atom. The van der Waals surface area contributed by atoms with Gasteiger partial charge in [0.2, 0.25) is 0 Å². The summed E-state index contributed by atoms with van der Waals surface area (Å²) >= 11 is 0. The van der Waals surface area contributed by atoms with Crippen molar-refractivity contribution in [3.05, 3.63) is 142 Å². The SMILES string of the molecule is COc1cc(CCC[Si](C)(C)O[Si](C)(C)O[Si](C)(C)CCCc2ccc(OC(=O)Oc3ccc(C(C)(C)c4cccc(C)c4)cc3C)c(OC)c2)ccc1OC(=O)Oc1ccc(C(C)(C)C)cc1C. The molecule has 0 aliphatic heterocycles. The number of carbonyl (C=O) groups is 2. The zero-order valence-corrected chi connectivity index (χ0v) is 47.1. The molecular formula is C56H76O10Si3. The van der Waals surface area contributed by atoms with Crippen LogP contribution in [0.15, 0.2) is 97.1 Å². The van der Waals surface area contributed by atoms with Crippen molar-refractivity contribution in [1.29, 1.82) is 0 Å². The van der Waals surface area contributed by atoms with Crippen LogP contribution in [0, 0.1) is 20.8 Å². The lowest BCUT2D eigenvalue weighted by Gasteiger charge is -2.39. The average Bonchev–Trinajstić information content (AvgIpc) is 3.24. The molecule has 0 fully saturated rings. The van der Waals surface area contributed by atoms with E-state index in [-0.39, 0.29) is 10.8 Å². The van der Waals surface area contributed by atoms with Gasteiger partial charge in [-0.3, -0.25) is 0 Å². The van der Waals surface area contributed by atoms with Crippen molar-refractivity contribution in [2.24, 2.45) is 0 Å². The first-order chi connectivity index (χ1) is 32.2. The normalized spacial score (nSPS) is 12.3. The third-order valence-corrected chi connectivity index (χ3v) is 23.9. The topological polar surface area (TPSA) is 108 Å². The van der Waals surface area contributed by atoms with E-state index in [0.717, 1.165) is 71.2 Å². The maximum atomic E-state index is 13.0. The molecule has 0 bridgehead atoms. The van der Waals surface area contributed by atoms with Crippen LogP contribution in [-0.4, -0.2) is 51.7 Å². The van der Waals surface area contributed by atoms with E-state index in [0.29, 0.717) is 34.5 Å². The van der Waals surface area contributed by atoms with Gasteiger partial charge in [0.25, 0.3) is 0 Å². The lowest BCUT2D eigenvalue weighted by atomic mass is 9.77. The molecule has 0 unspecified atom stereocenters. The lowest BCUT2D eigenvalue weighted by molar-refractivity contribution is 0.148. The van der Waals surface area contributed by atoms with E-state index >= 15 is 0 Å². The van der Waals surface area contributed by atoms with E-state index in [9.17, 15) is 9.59 Å². The van der Waals surface area contributed by atoms with Crippen molar-refractivity contribution in [2.75, 3.05) is 14.2 Å². The number of hydrogen-bond acceptors (Lipinski definition) is 10. The fourth-order valence-electron chi connectivity index (χ4n) is 8.78. The summed E-state index contributed by atoms with van der Waals surface area (Å²) in [5, 5.41) is 0. The largest absolute Gasteiger partial charge is 0.519 e.